The molecule has 2 aromatic carbocycles. The molecule has 1 N–H and O–H groups in total. The number of carbonyl (C=O) groups is 1. The highest BCUT2D eigenvalue weighted by Crippen LogP contribution is 2.30. The molecule has 100 valence electrons. The molecule has 0 bridgehead atoms. The number of carboxylic acid groups (broad SMARTS) is 1. The van der Waals surface area contributed by atoms with Crippen molar-refractivity contribution in [3.05, 3.63) is 52.3 Å². The summed E-state index contributed by atoms with van der Waals surface area (Å²) in [7, 11) is 0. The molecule has 0 spiro atoms. The van der Waals surface area contributed by atoms with Crippen molar-refractivity contribution in [3.8, 4) is 11.5 Å². The quantitative estimate of drug-likeness (QED) is 0.765. The molecule has 0 unspecified atom stereocenters. The number of benzene rings is 2. The highest BCUT2D eigenvalue weighted by molar-refractivity contribution is 9.10. The summed E-state index contributed by atoms with van der Waals surface area (Å²) in [5.41, 5.74) is 0.702. The van der Waals surface area contributed by atoms with Gasteiger partial charge in [0.1, 0.15) is 11.3 Å². The molecule has 20 heavy (non-hydrogen) atoms. The van der Waals surface area contributed by atoms with Crippen molar-refractivity contribution in [2.75, 3.05) is 0 Å². The van der Waals surface area contributed by atoms with Gasteiger partial charge in [-0.3, -0.25) is 0 Å². The van der Waals surface area contributed by atoms with Gasteiger partial charge in [-0.1, -0.05) is 12.1 Å². The predicted molar refractivity (Wildman–Crippen MR) is 74.1 cm³/mol. The summed E-state index contributed by atoms with van der Waals surface area (Å²) >= 11 is 3.09. The first-order chi connectivity index (χ1) is 9.58. The second kappa shape index (κ2) is 4.72. The number of hydrogen-bond acceptors (Lipinski definition) is 3. The van der Waals surface area contributed by atoms with Crippen molar-refractivity contribution in [2.45, 2.75) is 0 Å². The normalized spacial score (nSPS) is 10.9. The fourth-order valence-electron chi connectivity index (χ4n) is 1.91. The number of oxazole rings is 1. The highest BCUT2D eigenvalue weighted by atomic mass is 79.9. The van der Waals surface area contributed by atoms with Gasteiger partial charge in [0.2, 0.25) is 5.89 Å². The molecule has 0 aliphatic rings. The first kappa shape index (κ1) is 12.8. The Balaban J connectivity index is 2.26. The van der Waals surface area contributed by atoms with Crippen LogP contribution >= 0.6 is 15.9 Å². The second-order valence-electron chi connectivity index (χ2n) is 4.08. The van der Waals surface area contributed by atoms with E-state index in [1.165, 1.54) is 12.1 Å². The minimum absolute atomic E-state index is 0.0212. The maximum atomic E-state index is 14.0. The molecule has 6 heteroatoms. The Labute approximate surface area is 121 Å². The summed E-state index contributed by atoms with van der Waals surface area (Å²) in [6.07, 6.45) is 0. The second-order valence-corrected chi connectivity index (χ2v) is 4.93. The molecule has 3 rings (SSSR count). The van der Waals surface area contributed by atoms with Crippen LogP contribution in [0, 0.1) is 5.82 Å². The van der Waals surface area contributed by atoms with Gasteiger partial charge in [-0.2, -0.15) is 0 Å². The molecule has 0 aliphatic heterocycles. The Hall–Kier alpha value is -2.21. The third-order valence-electron chi connectivity index (χ3n) is 2.83. The first-order valence-corrected chi connectivity index (χ1v) is 6.44. The fourth-order valence-corrected chi connectivity index (χ4v) is 2.27. The third-order valence-corrected chi connectivity index (χ3v) is 3.44. The lowest BCUT2D eigenvalue weighted by atomic mass is 10.2. The van der Waals surface area contributed by atoms with Crippen molar-refractivity contribution < 1.29 is 18.7 Å². The summed E-state index contributed by atoms with van der Waals surface area (Å²) in [5.74, 6) is -1.56. The van der Waals surface area contributed by atoms with Crippen LogP contribution in [0.2, 0.25) is 0 Å². The van der Waals surface area contributed by atoms with E-state index in [1.54, 1.807) is 24.3 Å². The van der Waals surface area contributed by atoms with E-state index in [4.69, 9.17) is 9.52 Å². The zero-order valence-electron chi connectivity index (χ0n) is 9.93. The molecule has 0 amide bonds. The Morgan fingerprint density at radius 1 is 1.25 bits per heavy atom. The molecule has 0 fully saturated rings. The van der Waals surface area contributed by atoms with Crippen LogP contribution in [-0.4, -0.2) is 16.1 Å². The van der Waals surface area contributed by atoms with Crippen LogP contribution in [0.3, 0.4) is 0 Å². The maximum Gasteiger partial charge on any atom is 0.338 e. The van der Waals surface area contributed by atoms with E-state index >= 15 is 0 Å². The summed E-state index contributed by atoms with van der Waals surface area (Å²) in [6.45, 7) is 0. The van der Waals surface area contributed by atoms with Gasteiger partial charge in [-0.05, 0) is 40.2 Å². The highest BCUT2D eigenvalue weighted by Gasteiger charge is 2.18. The molecule has 1 aromatic heterocycles. The molecule has 0 aliphatic carbocycles. The SMILES string of the molecule is O=C(O)c1cccc2oc(-c3cccc(Br)c3F)nc12. The average Bonchev–Trinajstić information content (AvgIpc) is 2.84. The topological polar surface area (TPSA) is 63.3 Å². The first-order valence-electron chi connectivity index (χ1n) is 5.65. The number of rotatable bonds is 2. The fraction of sp³-hybridized carbons (Fsp3) is 0. The Morgan fingerprint density at radius 2 is 2.00 bits per heavy atom. The van der Waals surface area contributed by atoms with Crippen LogP contribution in [0.4, 0.5) is 4.39 Å². The standard InChI is InChI=1S/C14H7BrFNO3/c15-9-5-1-3-7(11(9)16)13-17-12-8(14(18)19)4-2-6-10(12)20-13/h1-6H,(H,18,19). The monoisotopic (exact) mass is 335 g/mol. The maximum absolute atomic E-state index is 14.0. The molecule has 0 atom stereocenters. The minimum atomic E-state index is -1.11. The number of halogens is 2. The lowest BCUT2D eigenvalue weighted by Gasteiger charge is -1.99. The van der Waals surface area contributed by atoms with Crippen LogP contribution in [0.15, 0.2) is 45.3 Å². The molecule has 0 saturated carbocycles. The smallest absolute Gasteiger partial charge is 0.338 e. The van der Waals surface area contributed by atoms with Crippen LogP contribution in [0.25, 0.3) is 22.6 Å². The average molecular weight is 336 g/mol. The zero-order chi connectivity index (χ0) is 14.3. The van der Waals surface area contributed by atoms with Gasteiger partial charge in [0, 0.05) is 0 Å². The van der Waals surface area contributed by atoms with Crippen LogP contribution < -0.4 is 0 Å². The number of aromatic carboxylic acids is 1. The largest absolute Gasteiger partial charge is 0.478 e. The number of carboxylic acids is 1. The predicted octanol–water partition coefficient (Wildman–Crippen LogP) is 4.09. The van der Waals surface area contributed by atoms with Crippen molar-refractivity contribution in [2.24, 2.45) is 0 Å². The summed E-state index contributed by atoms with van der Waals surface area (Å²) < 4.78 is 19.7. The molecular weight excluding hydrogens is 329 g/mol. The number of para-hydroxylation sites is 1. The van der Waals surface area contributed by atoms with Crippen LogP contribution in [-0.2, 0) is 0 Å². The Morgan fingerprint density at radius 3 is 2.75 bits per heavy atom. The van der Waals surface area contributed by atoms with Gasteiger partial charge in [0.05, 0.1) is 15.6 Å². The van der Waals surface area contributed by atoms with E-state index in [1.807, 2.05) is 0 Å². The molecule has 3 aromatic rings. The van der Waals surface area contributed by atoms with E-state index in [-0.39, 0.29) is 27.0 Å². The molecule has 4 nitrogen and oxygen atoms in total. The van der Waals surface area contributed by atoms with E-state index in [2.05, 4.69) is 20.9 Å². The molecule has 1 heterocycles. The van der Waals surface area contributed by atoms with Gasteiger partial charge in [-0.25, -0.2) is 14.2 Å². The third kappa shape index (κ3) is 1.98. The van der Waals surface area contributed by atoms with E-state index in [0.717, 1.165) is 0 Å². The summed E-state index contributed by atoms with van der Waals surface area (Å²) in [4.78, 5) is 15.2. The van der Waals surface area contributed by atoms with E-state index < -0.39 is 11.8 Å². The van der Waals surface area contributed by atoms with Gasteiger partial charge in [0.15, 0.2) is 5.58 Å². The van der Waals surface area contributed by atoms with E-state index in [0.29, 0.717) is 5.58 Å². The lowest BCUT2D eigenvalue weighted by Crippen LogP contribution is -1.96. The van der Waals surface area contributed by atoms with Crippen molar-refractivity contribution in [3.63, 3.8) is 0 Å². The number of aromatic nitrogens is 1. The number of hydrogen-bond donors (Lipinski definition) is 1. The van der Waals surface area contributed by atoms with Gasteiger partial charge in [-0.15, -0.1) is 0 Å². The van der Waals surface area contributed by atoms with Crippen LogP contribution in [0.1, 0.15) is 10.4 Å². The van der Waals surface area contributed by atoms with Gasteiger partial charge in [0.25, 0.3) is 0 Å². The number of nitrogens with zero attached hydrogens (tertiary/aromatic N) is 1. The van der Waals surface area contributed by atoms with Crippen molar-refractivity contribution >= 4 is 33.0 Å². The minimum Gasteiger partial charge on any atom is -0.478 e. The Kier molecular flexibility index (Phi) is 3.02. The molecule has 0 saturated heterocycles. The van der Waals surface area contributed by atoms with E-state index in [9.17, 15) is 9.18 Å². The zero-order valence-corrected chi connectivity index (χ0v) is 11.5. The number of fused-ring (bicyclic) bond motifs is 1. The lowest BCUT2D eigenvalue weighted by molar-refractivity contribution is 0.0699. The van der Waals surface area contributed by atoms with Gasteiger partial charge >= 0.3 is 5.97 Å². The molecular formula is C14H7BrFNO3. The molecule has 0 radical (unpaired) electrons. The summed E-state index contributed by atoms with van der Waals surface area (Å²) in [6, 6.07) is 9.30. The van der Waals surface area contributed by atoms with Crippen molar-refractivity contribution in [1.29, 1.82) is 0 Å². The van der Waals surface area contributed by atoms with Gasteiger partial charge < -0.3 is 9.52 Å². The van der Waals surface area contributed by atoms with Crippen LogP contribution in [0.5, 0.6) is 0 Å². The van der Waals surface area contributed by atoms with Crippen molar-refractivity contribution in [1.82, 2.24) is 4.98 Å². The Bertz CT molecular complexity index is 828. The summed E-state index contributed by atoms with van der Waals surface area (Å²) in [5, 5.41) is 9.10.